The number of aromatic nitrogens is 1. The van der Waals surface area contributed by atoms with E-state index in [9.17, 15) is 24.0 Å². The molecule has 2 amide bonds. The number of likely N-dealkylation sites (tertiary alicyclic amines) is 1. The molecule has 0 spiro atoms. The van der Waals surface area contributed by atoms with Gasteiger partial charge in [0, 0.05) is 22.6 Å². The molecular weight excluding hydrogens is 464 g/mol. The minimum absolute atomic E-state index is 0.369. The third-order valence-corrected chi connectivity index (χ3v) is 6.89. The Kier molecular flexibility index (Phi) is 6.92. The van der Waals surface area contributed by atoms with Crippen LogP contribution in [0.5, 0.6) is 0 Å². The first-order chi connectivity index (χ1) is 17.1. The molecule has 188 valence electrons. The Morgan fingerprint density at radius 1 is 1.00 bits per heavy atom. The van der Waals surface area contributed by atoms with Crippen LogP contribution < -0.4 is 0 Å². The first-order valence-corrected chi connectivity index (χ1v) is 11.7. The fourth-order valence-electron chi connectivity index (χ4n) is 4.95. The standard InChI is InChI=1S/C27H28N2O7/c1-15-13-22(16(2)28(15)19-11-9-18(10-12-19)27(34)35-4)23(30)14-36-26(33)17(3)29-24(31)20-7-5-6-8-21(20)25(29)32/h5-6,9-13,17,20-21H,7-8,14H2,1-4H3/t17-,20+,21+/m0/s1. The quantitative estimate of drug-likeness (QED) is 0.253. The van der Waals surface area contributed by atoms with Gasteiger partial charge in [-0.1, -0.05) is 12.2 Å². The van der Waals surface area contributed by atoms with E-state index < -0.39 is 42.2 Å². The van der Waals surface area contributed by atoms with Crippen molar-refractivity contribution in [3.8, 4) is 5.69 Å². The zero-order valence-corrected chi connectivity index (χ0v) is 20.6. The van der Waals surface area contributed by atoms with E-state index in [1.807, 2.05) is 23.6 Å². The van der Waals surface area contributed by atoms with Crippen molar-refractivity contribution in [3.05, 3.63) is 65.0 Å². The van der Waals surface area contributed by atoms with Gasteiger partial charge in [0.05, 0.1) is 24.5 Å². The number of hydrogen-bond donors (Lipinski definition) is 0. The third kappa shape index (κ3) is 4.36. The van der Waals surface area contributed by atoms with Gasteiger partial charge in [-0.05, 0) is 63.9 Å². The number of methoxy groups -OCH3 is 1. The largest absolute Gasteiger partial charge is 0.465 e. The second-order valence-electron chi connectivity index (χ2n) is 9.07. The van der Waals surface area contributed by atoms with E-state index >= 15 is 0 Å². The molecule has 0 radical (unpaired) electrons. The molecule has 0 saturated carbocycles. The van der Waals surface area contributed by atoms with E-state index in [1.54, 1.807) is 37.3 Å². The predicted molar refractivity (Wildman–Crippen MR) is 129 cm³/mol. The summed E-state index contributed by atoms with van der Waals surface area (Å²) >= 11 is 0. The van der Waals surface area contributed by atoms with E-state index in [-0.39, 0.29) is 11.8 Å². The molecule has 1 aliphatic carbocycles. The molecule has 2 aliphatic rings. The van der Waals surface area contributed by atoms with Crippen LogP contribution in [0.2, 0.25) is 0 Å². The van der Waals surface area contributed by atoms with Crippen molar-refractivity contribution in [2.75, 3.05) is 13.7 Å². The van der Waals surface area contributed by atoms with Gasteiger partial charge in [-0.3, -0.25) is 19.3 Å². The molecule has 1 fully saturated rings. The summed E-state index contributed by atoms with van der Waals surface area (Å²) in [4.78, 5) is 63.7. The maximum atomic E-state index is 12.9. The second kappa shape index (κ2) is 9.93. The van der Waals surface area contributed by atoms with Crippen LogP contribution in [0.3, 0.4) is 0 Å². The van der Waals surface area contributed by atoms with Gasteiger partial charge in [-0.25, -0.2) is 9.59 Å². The highest BCUT2D eigenvalue weighted by molar-refractivity contribution is 6.08. The van der Waals surface area contributed by atoms with Crippen LogP contribution in [0.1, 0.15) is 51.9 Å². The number of benzene rings is 1. The second-order valence-corrected chi connectivity index (χ2v) is 9.07. The number of ether oxygens (including phenoxy) is 2. The number of allylic oxidation sites excluding steroid dienone is 2. The minimum atomic E-state index is -1.11. The Hall–Kier alpha value is -4.01. The summed E-state index contributed by atoms with van der Waals surface area (Å²) in [6.45, 7) is 4.54. The highest BCUT2D eigenvalue weighted by Crippen LogP contribution is 2.36. The van der Waals surface area contributed by atoms with Crippen LogP contribution in [-0.2, 0) is 23.9 Å². The van der Waals surface area contributed by atoms with E-state index in [4.69, 9.17) is 9.47 Å². The van der Waals surface area contributed by atoms with E-state index in [1.165, 1.54) is 14.0 Å². The number of nitrogens with zero attached hydrogens (tertiary/aromatic N) is 2. The van der Waals surface area contributed by atoms with Crippen LogP contribution in [-0.4, -0.2) is 58.8 Å². The average molecular weight is 493 g/mol. The van der Waals surface area contributed by atoms with Crippen molar-refractivity contribution >= 4 is 29.5 Å². The van der Waals surface area contributed by atoms with Crippen LogP contribution in [0, 0.1) is 25.7 Å². The number of carbonyl (C=O) groups is 5. The lowest BCUT2D eigenvalue weighted by atomic mass is 9.85. The zero-order valence-electron chi connectivity index (χ0n) is 20.6. The summed E-state index contributed by atoms with van der Waals surface area (Å²) in [5.41, 5.74) is 2.98. The predicted octanol–water partition coefficient (Wildman–Crippen LogP) is 2.95. The van der Waals surface area contributed by atoms with Gasteiger partial charge in [0.1, 0.15) is 6.04 Å². The minimum Gasteiger partial charge on any atom is -0.465 e. The van der Waals surface area contributed by atoms with Crippen LogP contribution >= 0.6 is 0 Å². The highest BCUT2D eigenvalue weighted by Gasteiger charge is 2.50. The Morgan fingerprint density at radius 2 is 1.58 bits per heavy atom. The van der Waals surface area contributed by atoms with Gasteiger partial charge in [0.15, 0.2) is 6.61 Å². The molecule has 9 nitrogen and oxygen atoms in total. The number of fused-ring (bicyclic) bond motifs is 1. The summed E-state index contributed by atoms with van der Waals surface area (Å²) in [6.07, 6.45) is 4.71. The molecule has 1 aromatic heterocycles. The molecule has 2 aromatic rings. The van der Waals surface area contributed by atoms with Crippen LogP contribution in [0.4, 0.5) is 0 Å². The van der Waals surface area contributed by atoms with E-state index in [2.05, 4.69) is 0 Å². The zero-order chi connectivity index (χ0) is 26.1. The Bertz CT molecular complexity index is 1250. The van der Waals surface area contributed by atoms with Crippen molar-refractivity contribution in [3.63, 3.8) is 0 Å². The fourth-order valence-corrected chi connectivity index (χ4v) is 4.95. The van der Waals surface area contributed by atoms with Crippen molar-refractivity contribution in [1.82, 2.24) is 9.47 Å². The van der Waals surface area contributed by atoms with Crippen LogP contribution in [0.15, 0.2) is 42.5 Å². The number of aryl methyl sites for hydroxylation is 1. The number of hydrogen-bond acceptors (Lipinski definition) is 7. The average Bonchev–Trinajstić information content (AvgIpc) is 3.33. The number of esters is 2. The molecule has 2 heterocycles. The van der Waals surface area contributed by atoms with Gasteiger partial charge in [-0.15, -0.1) is 0 Å². The van der Waals surface area contributed by atoms with Gasteiger partial charge >= 0.3 is 11.9 Å². The van der Waals surface area contributed by atoms with Crippen LogP contribution in [0.25, 0.3) is 5.69 Å². The maximum Gasteiger partial charge on any atom is 0.337 e. The summed E-state index contributed by atoms with van der Waals surface area (Å²) in [5.74, 6) is -3.26. The lowest BCUT2D eigenvalue weighted by molar-refractivity contribution is -0.157. The first-order valence-electron chi connectivity index (χ1n) is 11.7. The summed E-state index contributed by atoms with van der Waals surface area (Å²) in [5, 5.41) is 0. The monoisotopic (exact) mass is 492 g/mol. The molecule has 1 aromatic carbocycles. The summed E-state index contributed by atoms with van der Waals surface area (Å²) in [6, 6.07) is 7.37. The molecule has 3 atom stereocenters. The normalized spacial score (nSPS) is 19.7. The third-order valence-electron chi connectivity index (χ3n) is 6.89. The van der Waals surface area contributed by atoms with E-state index in [0.29, 0.717) is 29.7 Å². The van der Waals surface area contributed by atoms with Crippen molar-refractivity contribution in [2.45, 2.75) is 39.7 Å². The first kappa shape index (κ1) is 25.1. The fraction of sp³-hybridized carbons (Fsp3) is 0.370. The number of rotatable bonds is 7. The molecule has 1 aliphatic heterocycles. The van der Waals surface area contributed by atoms with Crippen molar-refractivity contribution in [1.29, 1.82) is 0 Å². The highest BCUT2D eigenvalue weighted by atomic mass is 16.5. The summed E-state index contributed by atoms with van der Waals surface area (Å²) in [7, 11) is 1.31. The Morgan fingerprint density at radius 3 is 2.14 bits per heavy atom. The van der Waals surface area contributed by atoms with Crippen molar-refractivity contribution in [2.24, 2.45) is 11.8 Å². The van der Waals surface area contributed by atoms with Gasteiger partial charge in [0.25, 0.3) is 0 Å². The number of carbonyl (C=O) groups excluding carboxylic acids is 5. The smallest absolute Gasteiger partial charge is 0.337 e. The summed E-state index contributed by atoms with van der Waals surface area (Å²) < 4.78 is 11.8. The number of Topliss-reactive ketones (excluding diaryl/α,β-unsaturated/α-hetero) is 1. The van der Waals surface area contributed by atoms with Gasteiger partial charge < -0.3 is 14.0 Å². The lowest BCUT2D eigenvalue weighted by Crippen LogP contribution is -2.44. The SMILES string of the molecule is COC(=O)c1ccc(-n2c(C)cc(C(=O)COC(=O)[C@H](C)N3C(=O)[C@@H]4CC=CC[C@H]4C3=O)c2C)cc1. The molecule has 0 N–H and O–H groups in total. The molecule has 0 unspecified atom stereocenters. The van der Waals surface area contributed by atoms with Crippen molar-refractivity contribution < 1.29 is 33.4 Å². The maximum absolute atomic E-state index is 12.9. The molecule has 0 bridgehead atoms. The molecular formula is C27H28N2O7. The Balaban J connectivity index is 1.43. The van der Waals surface area contributed by atoms with E-state index in [0.717, 1.165) is 16.3 Å². The molecule has 36 heavy (non-hydrogen) atoms. The molecule has 1 saturated heterocycles. The topological polar surface area (TPSA) is 112 Å². The number of amides is 2. The molecule has 9 heteroatoms. The van der Waals surface area contributed by atoms with Gasteiger partial charge in [0.2, 0.25) is 17.6 Å². The number of imide groups is 1. The Labute approximate surface area is 208 Å². The number of ketones is 1. The van der Waals surface area contributed by atoms with Gasteiger partial charge in [-0.2, -0.15) is 0 Å². The lowest BCUT2D eigenvalue weighted by Gasteiger charge is -2.21. The molecule has 4 rings (SSSR count).